The molecule has 6 heteroatoms. The number of ether oxygens (including phenoxy) is 1. The summed E-state index contributed by atoms with van der Waals surface area (Å²) in [6.07, 6.45) is -0.170. The van der Waals surface area contributed by atoms with Gasteiger partial charge in [0.15, 0.2) is 0 Å². The lowest BCUT2D eigenvalue weighted by molar-refractivity contribution is 0.117. The Morgan fingerprint density at radius 3 is 2.92 bits per heavy atom. The maximum Gasteiger partial charge on any atom is 0.258 e. The Hall–Kier alpha value is -0.840. The van der Waals surface area contributed by atoms with Crippen molar-refractivity contribution < 1.29 is 13.5 Å². The monoisotopic (exact) mass is 195 g/mol. The summed E-state index contributed by atoms with van der Waals surface area (Å²) in [7, 11) is 1.33. The fourth-order valence-corrected chi connectivity index (χ4v) is 0.973. The number of nitrogens with zero attached hydrogens (tertiary/aromatic N) is 2. The summed E-state index contributed by atoms with van der Waals surface area (Å²) in [6.45, 7) is -0.535. The molecule has 12 heavy (non-hydrogen) atoms. The van der Waals surface area contributed by atoms with E-state index >= 15 is 0 Å². The highest BCUT2D eigenvalue weighted by Gasteiger charge is 2.13. The van der Waals surface area contributed by atoms with Crippen molar-refractivity contribution in [1.29, 1.82) is 0 Å². The first kappa shape index (κ1) is 9.25. The molecule has 0 N–H and O–H groups in total. The zero-order valence-electron chi connectivity index (χ0n) is 6.22. The molecule has 0 fully saturated rings. The average molecular weight is 196 g/mol. The molecule has 0 saturated heterocycles. The average Bonchev–Trinajstić information content (AvgIpc) is 2.30. The molecule has 0 aliphatic carbocycles. The van der Waals surface area contributed by atoms with Gasteiger partial charge in [-0.1, -0.05) is 11.6 Å². The fraction of sp³-hybridized carbons (Fsp3) is 0.500. The highest BCUT2D eigenvalue weighted by Crippen LogP contribution is 2.22. The van der Waals surface area contributed by atoms with Crippen LogP contribution in [-0.4, -0.2) is 23.3 Å². The predicted molar refractivity (Wildman–Crippen MR) is 38.6 cm³/mol. The van der Waals surface area contributed by atoms with Crippen molar-refractivity contribution in [2.75, 3.05) is 7.11 Å². The summed E-state index contributed by atoms with van der Waals surface area (Å²) in [5.41, 5.74) is 0. The van der Waals surface area contributed by atoms with Crippen molar-refractivity contribution in [2.24, 2.45) is 0 Å². The molecule has 1 aromatic heterocycles. The zero-order chi connectivity index (χ0) is 9.14. The van der Waals surface area contributed by atoms with E-state index in [2.05, 4.69) is 11.3 Å². The molecule has 1 radical (unpaired) electrons. The highest BCUT2D eigenvalue weighted by atomic mass is 35.5. The van der Waals surface area contributed by atoms with Gasteiger partial charge in [-0.25, -0.2) is 13.5 Å². The van der Waals surface area contributed by atoms with Gasteiger partial charge in [-0.15, -0.1) is 0 Å². The smallest absolute Gasteiger partial charge is 0.258 e. The summed E-state index contributed by atoms with van der Waals surface area (Å²) in [5.74, 6) is 0.108. The molecular formula is C6H6ClF2N2O. The van der Waals surface area contributed by atoms with E-state index in [1.165, 1.54) is 7.11 Å². The summed E-state index contributed by atoms with van der Waals surface area (Å²) in [5, 5.41) is 3.59. The lowest BCUT2D eigenvalue weighted by atomic mass is 10.6. The number of rotatable bonds is 3. The summed E-state index contributed by atoms with van der Waals surface area (Å²) in [4.78, 5) is 0. The molecule has 0 saturated carbocycles. The van der Waals surface area contributed by atoms with Gasteiger partial charge in [0.25, 0.3) is 6.43 Å². The minimum absolute atomic E-state index is 0.108. The van der Waals surface area contributed by atoms with Gasteiger partial charge in [0, 0.05) is 0 Å². The Labute approximate surface area is 72.9 Å². The molecular weight excluding hydrogens is 190 g/mol. The van der Waals surface area contributed by atoms with Crippen molar-refractivity contribution in [3.8, 4) is 5.88 Å². The first-order valence-corrected chi connectivity index (χ1v) is 3.49. The Kier molecular flexibility index (Phi) is 2.86. The van der Waals surface area contributed by atoms with Gasteiger partial charge in [-0.05, 0) is 0 Å². The lowest BCUT2D eigenvalue weighted by Crippen LogP contribution is -2.09. The minimum atomic E-state index is -2.48. The molecule has 0 bridgehead atoms. The predicted octanol–water partition coefficient (Wildman–Crippen LogP) is 1.61. The fourth-order valence-electron chi connectivity index (χ4n) is 0.760. The van der Waals surface area contributed by atoms with Gasteiger partial charge in [0.2, 0.25) is 5.88 Å². The topological polar surface area (TPSA) is 27.1 Å². The quantitative estimate of drug-likeness (QED) is 0.733. The van der Waals surface area contributed by atoms with Crippen LogP contribution in [0.3, 0.4) is 0 Å². The van der Waals surface area contributed by atoms with E-state index in [0.717, 1.165) is 4.68 Å². The van der Waals surface area contributed by atoms with Crippen molar-refractivity contribution in [3.05, 3.63) is 11.2 Å². The van der Waals surface area contributed by atoms with E-state index in [9.17, 15) is 8.78 Å². The molecule has 1 aromatic rings. The second-order valence-corrected chi connectivity index (χ2v) is 2.39. The van der Waals surface area contributed by atoms with E-state index in [4.69, 9.17) is 16.3 Å². The third-order valence-corrected chi connectivity index (χ3v) is 1.44. The van der Waals surface area contributed by atoms with Crippen LogP contribution in [0.5, 0.6) is 5.88 Å². The zero-order valence-corrected chi connectivity index (χ0v) is 6.98. The Balaban J connectivity index is 2.84. The van der Waals surface area contributed by atoms with Crippen molar-refractivity contribution in [3.63, 3.8) is 0 Å². The molecule has 67 valence electrons. The standard InChI is InChI=1S/C6H6ClF2N2O/c1-12-6-4(7)2-10-11(6)3-5(8)9/h5H,3H2,1H3. The molecule has 1 heterocycles. The molecule has 0 atom stereocenters. The molecule has 3 nitrogen and oxygen atoms in total. The Bertz CT molecular complexity index is 264. The van der Waals surface area contributed by atoms with Crippen LogP contribution in [0.2, 0.25) is 5.02 Å². The summed E-state index contributed by atoms with van der Waals surface area (Å²) in [6, 6.07) is 0. The first-order valence-electron chi connectivity index (χ1n) is 3.11. The third kappa shape index (κ3) is 1.85. The van der Waals surface area contributed by atoms with Crippen molar-refractivity contribution in [1.82, 2.24) is 9.78 Å². The molecule has 0 aliphatic heterocycles. The van der Waals surface area contributed by atoms with Gasteiger partial charge < -0.3 is 4.74 Å². The lowest BCUT2D eigenvalue weighted by Gasteiger charge is -2.04. The normalized spacial score (nSPS) is 10.8. The van der Waals surface area contributed by atoms with Crippen LogP contribution in [0.1, 0.15) is 0 Å². The van der Waals surface area contributed by atoms with Gasteiger partial charge in [-0.2, -0.15) is 5.10 Å². The SMILES string of the molecule is COc1c(Cl)[c]nn1CC(F)F. The minimum Gasteiger partial charge on any atom is -0.480 e. The molecule has 1 rings (SSSR count). The second kappa shape index (κ2) is 3.71. The van der Waals surface area contributed by atoms with Crippen LogP contribution < -0.4 is 4.74 Å². The second-order valence-electron chi connectivity index (χ2n) is 2.01. The maximum absolute atomic E-state index is 11.9. The number of alkyl halides is 2. The van der Waals surface area contributed by atoms with Crippen LogP contribution in [-0.2, 0) is 6.54 Å². The molecule has 0 unspecified atom stereocenters. The molecule has 0 spiro atoms. The van der Waals surface area contributed by atoms with E-state index in [1.54, 1.807) is 0 Å². The van der Waals surface area contributed by atoms with E-state index in [0.29, 0.717) is 0 Å². The Morgan fingerprint density at radius 2 is 2.42 bits per heavy atom. The Morgan fingerprint density at radius 1 is 1.75 bits per heavy atom. The van der Waals surface area contributed by atoms with Crippen LogP contribution >= 0.6 is 11.6 Å². The van der Waals surface area contributed by atoms with Gasteiger partial charge >= 0.3 is 0 Å². The molecule has 0 amide bonds. The van der Waals surface area contributed by atoms with Crippen LogP contribution in [0.25, 0.3) is 0 Å². The summed E-state index contributed by atoms with van der Waals surface area (Å²) < 4.78 is 29.4. The molecule has 0 aromatic carbocycles. The molecule has 0 aliphatic rings. The summed E-state index contributed by atoms with van der Waals surface area (Å²) >= 11 is 5.52. The highest BCUT2D eigenvalue weighted by molar-refractivity contribution is 6.31. The van der Waals surface area contributed by atoms with Crippen molar-refractivity contribution in [2.45, 2.75) is 13.0 Å². The van der Waals surface area contributed by atoms with Crippen LogP contribution in [0.15, 0.2) is 0 Å². The number of hydrogen-bond acceptors (Lipinski definition) is 2. The number of methoxy groups -OCH3 is 1. The number of halogens is 3. The van der Waals surface area contributed by atoms with E-state index < -0.39 is 13.0 Å². The maximum atomic E-state index is 11.9. The third-order valence-electron chi connectivity index (χ3n) is 1.20. The van der Waals surface area contributed by atoms with Gasteiger partial charge in [-0.3, -0.25) is 0 Å². The van der Waals surface area contributed by atoms with Crippen molar-refractivity contribution >= 4 is 11.6 Å². The van der Waals surface area contributed by atoms with Crippen LogP contribution in [0, 0.1) is 6.20 Å². The largest absolute Gasteiger partial charge is 0.480 e. The van der Waals surface area contributed by atoms with E-state index in [1.807, 2.05) is 0 Å². The first-order chi connectivity index (χ1) is 5.65. The van der Waals surface area contributed by atoms with E-state index in [-0.39, 0.29) is 10.9 Å². The van der Waals surface area contributed by atoms with Crippen LogP contribution in [0.4, 0.5) is 8.78 Å². The number of aromatic nitrogens is 2. The van der Waals surface area contributed by atoms with Gasteiger partial charge in [0.05, 0.1) is 7.11 Å². The van der Waals surface area contributed by atoms with Gasteiger partial charge in [0.1, 0.15) is 17.8 Å². The number of hydrogen-bond donors (Lipinski definition) is 0.